The van der Waals surface area contributed by atoms with Crippen LogP contribution < -0.4 is 14.8 Å². The van der Waals surface area contributed by atoms with E-state index in [0.717, 1.165) is 24.8 Å². The van der Waals surface area contributed by atoms with E-state index in [2.05, 4.69) is 15.0 Å². The van der Waals surface area contributed by atoms with E-state index in [9.17, 15) is 23.3 Å². The minimum atomic E-state index is -4.09. The molecule has 3 aromatic rings. The van der Waals surface area contributed by atoms with Crippen LogP contribution in [0, 0.1) is 5.92 Å². The van der Waals surface area contributed by atoms with Crippen molar-refractivity contribution in [3.05, 3.63) is 84.7 Å². The van der Waals surface area contributed by atoms with Crippen LogP contribution >= 0.6 is 0 Å². The highest BCUT2D eigenvalue weighted by molar-refractivity contribution is 7.89. The molecule has 0 aliphatic heterocycles. The van der Waals surface area contributed by atoms with Gasteiger partial charge in [0.1, 0.15) is 17.5 Å². The lowest BCUT2D eigenvalue weighted by Gasteiger charge is -2.30. The molecule has 2 unspecified atom stereocenters. The van der Waals surface area contributed by atoms with E-state index in [4.69, 9.17) is 4.74 Å². The van der Waals surface area contributed by atoms with E-state index < -0.39 is 35.0 Å². The molecule has 0 spiro atoms. The van der Waals surface area contributed by atoms with Crippen molar-refractivity contribution >= 4 is 23.0 Å². The van der Waals surface area contributed by atoms with Crippen LogP contribution in [-0.4, -0.2) is 48.5 Å². The second-order valence-corrected chi connectivity index (χ2v) is 10.9. The molecule has 1 fully saturated rings. The molecular formula is C26H30BN3O6S. The maximum Gasteiger partial charge on any atom is 0.475 e. The van der Waals surface area contributed by atoms with Crippen molar-refractivity contribution in [1.82, 2.24) is 15.0 Å². The van der Waals surface area contributed by atoms with Gasteiger partial charge in [-0.15, -0.1) is 0 Å². The zero-order chi connectivity index (χ0) is 26.3. The van der Waals surface area contributed by atoms with Gasteiger partial charge in [0, 0.05) is 6.20 Å². The average molecular weight is 523 g/mol. The molecule has 194 valence electrons. The first-order valence-electron chi connectivity index (χ1n) is 12.2. The SMILES string of the molecule is O=C(NC(CC1CCC1)B(O)O)C(Cc1ccccc1)NS(=O)(=O)c1ccc(Oc2cccnc2)cc1. The molecular weight excluding hydrogens is 493 g/mol. The Hall–Kier alpha value is -3.25. The van der Waals surface area contributed by atoms with Crippen LogP contribution in [0.1, 0.15) is 31.2 Å². The summed E-state index contributed by atoms with van der Waals surface area (Å²) in [6.45, 7) is 0. The smallest absolute Gasteiger partial charge is 0.456 e. The van der Waals surface area contributed by atoms with E-state index in [-0.39, 0.29) is 11.3 Å². The highest BCUT2D eigenvalue weighted by Gasteiger charge is 2.34. The minimum absolute atomic E-state index is 0.0369. The molecule has 2 aromatic carbocycles. The van der Waals surface area contributed by atoms with Crippen LogP contribution in [0.15, 0.2) is 84.0 Å². The number of carbonyl (C=O) groups excluding carboxylic acids is 1. The van der Waals surface area contributed by atoms with Gasteiger partial charge in [0.25, 0.3) is 0 Å². The van der Waals surface area contributed by atoms with Crippen LogP contribution in [0.5, 0.6) is 11.5 Å². The number of ether oxygens (including phenoxy) is 1. The normalized spacial score (nSPS) is 15.3. The number of aromatic nitrogens is 1. The fourth-order valence-electron chi connectivity index (χ4n) is 4.15. The van der Waals surface area contributed by atoms with E-state index in [1.54, 1.807) is 48.8 Å². The van der Waals surface area contributed by atoms with Crippen LogP contribution in [0.25, 0.3) is 0 Å². The van der Waals surface area contributed by atoms with Gasteiger partial charge in [0.2, 0.25) is 15.9 Å². The summed E-state index contributed by atoms with van der Waals surface area (Å²) >= 11 is 0. The molecule has 1 aliphatic rings. The molecule has 1 heterocycles. The van der Waals surface area contributed by atoms with Gasteiger partial charge >= 0.3 is 7.12 Å². The Labute approximate surface area is 217 Å². The number of benzene rings is 2. The van der Waals surface area contributed by atoms with Crippen LogP contribution in [0.4, 0.5) is 0 Å². The van der Waals surface area contributed by atoms with E-state index in [1.165, 1.54) is 24.3 Å². The number of carbonyl (C=O) groups is 1. The number of rotatable bonds is 12. The monoisotopic (exact) mass is 523 g/mol. The van der Waals surface area contributed by atoms with Crippen LogP contribution in [-0.2, 0) is 21.2 Å². The van der Waals surface area contributed by atoms with Crippen LogP contribution in [0.3, 0.4) is 0 Å². The fourth-order valence-corrected chi connectivity index (χ4v) is 5.34. The van der Waals surface area contributed by atoms with Gasteiger partial charge in [-0.2, -0.15) is 4.72 Å². The van der Waals surface area contributed by atoms with E-state index in [1.807, 2.05) is 6.07 Å². The lowest BCUT2D eigenvalue weighted by atomic mass is 9.69. The molecule has 1 aliphatic carbocycles. The minimum Gasteiger partial charge on any atom is -0.456 e. The number of amides is 1. The van der Waals surface area contributed by atoms with Crippen molar-refractivity contribution in [1.29, 1.82) is 0 Å². The molecule has 11 heteroatoms. The Bertz CT molecular complexity index is 1260. The van der Waals surface area contributed by atoms with Crippen molar-refractivity contribution < 1.29 is 28.0 Å². The predicted octanol–water partition coefficient (Wildman–Crippen LogP) is 2.45. The number of sulfonamides is 1. The van der Waals surface area contributed by atoms with Gasteiger partial charge in [-0.25, -0.2) is 8.42 Å². The molecule has 1 aromatic heterocycles. The summed E-state index contributed by atoms with van der Waals surface area (Å²) in [4.78, 5) is 17.2. The van der Waals surface area contributed by atoms with Gasteiger partial charge in [-0.1, -0.05) is 49.6 Å². The number of pyridine rings is 1. The first-order valence-corrected chi connectivity index (χ1v) is 13.7. The number of nitrogens with one attached hydrogen (secondary N) is 2. The summed E-state index contributed by atoms with van der Waals surface area (Å²) in [6, 6.07) is 17.1. The molecule has 2 atom stereocenters. The molecule has 37 heavy (non-hydrogen) atoms. The highest BCUT2D eigenvalue weighted by Crippen LogP contribution is 2.30. The standard InChI is InChI=1S/C26H30BN3O6S/c31-26(29-25(27(32)33)17-20-8-4-9-20)24(16-19-6-2-1-3-7-19)30-37(34,35)23-13-11-21(12-14-23)36-22-10-5-15-28-18-22/h1-3,5-7,10-15,18,20,24-25,30,32-33H,4,8-9,16-17H2,(H,29,31). The van der Waals surface area contributed by atoms with Crippen molar-refractivity contribution in [2.75, 3.05) is 0 Å². The van der Waals surface area contributed by atoms with Gasteiger partial charge in [-0.05, 0) is 60.7 Å². The number of nitrogens with zero attached hydrogens (tertiary/aromatic N) is 1. The number of hydrogen-bond acceptors (Lipinski definition) is 7. The lowest BCUT2D eigenvalue weighted by Crippen LogP contribution is -2.55. The summed E-state index contributed by atoms with van der Waals surface area (Å²) in [5.74, 6) is -0.255. The molecule has 4 rings (SSSR count). The largest absolute Gasteiger partial charge is 0.475 e. The van der Waals surface area contributed by atoms with E-state index >= 15 is 0 Å². The average Bonchev–Trinajstić information content (AvgIpc) is 2.86. The third kappa shape index (κ3) is 7.62. The Balaban J connectivity index is 1.49. The summed E-state index contributed by atoms with van der Waals surface area (Å²) in [5.41, 5.74) is 0.755. The Morgan fingerprint density at radius 1 is 1.03 bits per heavy atom. The molecule has 1 saturated carbocycles. The van der Waals surface area contributed by atoms with Crippen molar-refractivity contribution in [2.45, 2.75) is 49.0 Å². The first kappa shape index (κ1) is 26.8. The zero-order valence-corrected chi connectivity index (χ0v) is 21.0. The topological polar surface area (TPSA) is 138 Å². The second-order valence-electron chi connectivity index (χ2n) is 9.19. The third-order valence-electron chi connectivity index (χ3n) is 6.40. The maximum absolute atomic E-state index is 13.2. The van der Waals surface area contributed by atoms with Gasteiger partial charge in [-0.3, -0.25) is 9.78 Å². The molecule has 0 saturated heterocycles. The first-order chi connectivity index (χ1) is 17.8. The maximum atomic E-state index is 13.2. The summed E-state index contributed by atoms with van der Waals surface area (Å²) in [5, 5.41) is 22.3. The van der Waals surface area contributed by atoms with E-state index in [0.29, 0.717) is 23.8 Å². The lowest BCUT2D eigenvalue weighted by molar-refractivity contribution is -0.123. The predicted molar refractivity (Wildman–Crippen MR) is 139 cm³/mol. The fraction of sp³-hybridized carbons (Fsp3) is 0.308. The summed E-state index contributed by atoms with van der Waals surface area (Å²) < 4.78 is 34.6. The Morgan fingerprint density at radius 3 is 2.35 bits per heavy atom. The summed E-state index contributed by atoms with van der Waals surface area (Å²) in [7, 11) is -5.84. The van der Waals surface area contributed by atoms with Gasteiger partial charge in [0.15, 0.2) is 0 Å². The van der Waals surface area contributed by atoms with Crippen molar-refractivity contribution in [3.8, 4) is 11.5 Å². The zero-order valence-electron chi connectivity index (χ0n) is 20.2. The highest BCUT2D eigenvalue weighted by atomic mass is 32.2. The van der Waals surface area contributed by atoms with Gasteiger partial charge in [0.05, 0.1) is 17.0 Å². The Kier molecular flexibility index (Phi) is 8.93. The molecule has 1 amide bonds. The molecule has 0 radical (unpaired) electrons. The molecule has 0 bridgehead atoms. The molecule has 4 N–H and O–H groups in total. The summed E-state index contributed by atoms with van der Waals surface area (Å²) in [6.07, 6.45) is 6.70. The van der Waals surface area contributed by atoms with Gasteiger partial charge < -0.3 is 20.1 Å². The Morgan fingerprint density at radius 2 is 1.76 bits per heavy atom. The van der Waals surface area contributed by atoms with Crippen molar-refractivity contribution in [2.24, 2.45) is 5.92 Å². The number of hydrogen-bond donors (Lipinski definition) is 4. The van der Waals surface area contributed by atoms with Crippen LogP contribution in [0.2, 0.25) is 0 Å². The van der Waals surface area contributed by atoms with Crippen molar-refractivity contribution in [3.63, 3.8) is 0 Å². The molecule has 9 nitrogen and oxygen atoms in total. The second kappa shape index (κ2) is 12.3. The quantitative estimate of drug-likeness (QED) is 0.268. The third-order valence-corrected chi connectivity index (χ3v) is 7.89.